The fourth-order valence-corrected chi connectivity index (χ4v) is 13.6. The van der Waals surface area contributed by atoms with Gasteiger partial charge < -0.3 is 20.4 Å². The molecule has 4 aromatic rings. The Labute approximate surface area is 445 Å². The van der Waals surface area contributed by atoms with Gasteiger partial charge in [0.2, 0.25) is 0 Å². The monoisotopic (exact) mass is 1030 g/mol. The molecule has 0 spiro atoms. The van der Waals surface area contributed by atoms with Crippen LogP contribution in [0.1, 0.15) is 238 Å². The molecule has 0 radical (unpaired) electrons. The van der Waals surface area contributed by atoms with Crippen LogP contribution in [0, 0.1) is 0 Å². The van der Waals surface area contributed by atoms with Crippen LogP contribution in [0.25, 0.3) is 0 Å². The molecule has 0 aliphatic rings. The van der Waals surface area contributed by atoms with Crippen LogP contribution in [0.15, 0.2) is 68.1 Å². The third-order valence-electron chi connectivity index (χ3n) is 12.3. The van der Waals surface area contributed by atoms with E-state index in [1.165, 1.54) is 19.6 Å². The van der Waals surface area contributed by atoms with Gasteiger partial charge in [-0.05, 0) is 120 Å². The van der Waals surface area contributed by atoms with E-state index in [1.807, 2.05) is 47.0 Å². The predicted molar refractivity (Wildman–Crippen MR) is 314 cm³/mol. The number of phenolic OH excluding ortho intramolecular Hbond substituents is 4. The zero-order chi connectivity index (χ0) is 54.7. The summed E-state index contributed by atoms with van der Waals surface area (Å²) in [6.45, 7) is 60.7. The molecule has 0 unspecified atom stereocenters. The summed E-state index contributed by atoms with van der Waals surface area (Å²) in [5, 5.41) is 44.5. The SMILES string of the molecule is CC(C)(Sc1cc(C(C)(C)C)c(O)c(C(C)(C)C)c1)Sc1cc(C(C)(C)C)c(O)c(C(C)(C)C)c1.CC(C)(Sc1cc(C(C)(C)C)c(O)c(C(C)(C)C)c1)Sc1cc(C(C)(C)C)c(O)c(C(C)(C)C)c1. The number of benzene rings is 4. The molecule has 0 amide bonds. The lowest BCUT2D eigenvalue weighted by atomic mass is 9.79. The van der Waals surface area contributed by atoms with E-state index in [9.17, 15) is 20.4 Å². The lowest BCUT2D eigenvalue weighted by Gasteiger charge is -2.31. The molecule has 0 saturated heterocycles. The molecular formula is C62H96O4S4. The minimum Gasteiger partial charge on any atom is -0.507 e. The first-order valence-electron chi connectivity index (χ1n) is 25.1. The van der Waals surface area contributed by atoms with Crippen molar-refractivity contribution in [3.63, 3.8) is 0 Å². The number of aromatic hydroxyl groups is 4. The van der Waals surface area contributed by atoms with Crippen molar-refractivity contribution in [1.82, 2.24) is 0 Å². The Bertz CT molecular complexity index is 2000. The number of hydrogen-bond acceptors (Lipinski definition) is 8. The Morgan fingerprint density at radius 3 is 0.400 bits per heavy atom. The van der Waals surface area contributed by atoms with E-state index < -0.39 is 0 Å². The molecule has 4 rings (SSSR count). The number of hydrogen-bond donors (Lipinski definition) is 4. The summed E-state index contributed by atoms with van der Waals surface area (Å²) in [5.41, 5.74) is 6.67. The van der Waals surface area contributed by atoms with Gasteiger partial charge in [-0.1, -0.05) is 166 Å². The fourth-order valence-electron chi connectivity index (χ4n) is 8.42. The van der Waals surface area contributed by atoms with Gasteiger partial charge in [0, 0.05) is 64.1 Å². The lowest BCUT2D eigenvalue weighted by Crippen LogP contribution is -2.19. The average molecular weight is 1030 g/mol. The fraction of sp³-hybridized carbons (Fsp3) is 0.613. The van der Waals surface area contributed by atoms with E-state index in [1.54, 1.807) is 0 Å². The Balaban J connectivity index is 0.000000370. The van der Waals surface area contributed by atoms with Crippen molar-refractivity contribution in [2.45, 2.75) is 265 Å². The van der Waals surface area contributed by atoms with Crippen molar-refractivity contribution in [1.29, 1.82) is 0 Å². The summed E-state index contributed by atoms with van der Waals surface area (Å²) in [7, 11) is 0. The van der Waals surface area contributed by atoms with Crippen LogP contribution in [0.4, 0.5) is 0 Å². The van der Waals surface area contributed by atoms with E-state index in [-0.39, 0.29) is 51.5 Å². The molecular weight excluding hydrogens is 937 g/mol. The molecule has 0 saturated carbocycles. The van der Waals surface area contributed by atoms with E-state index in [0.717, 1.165) is 44.5 Å². The molecule has 0 aliphatic carbocycles. The maximum Gasteiger partial charge on any atom is 0.123 e. The number of rotatable bonds is 8. The van der Waals surface area contributed by atoms with Crippen LogP contribution in [0.2, 0.25) is 0 Å². The highest BCUT2D eigenvalue weighted by Gasteiger charge is 2.34. The van der Waals surface area contributed by atoms with Gasteiger partial charge >= 0.3 is 0 Å². The first-order chi connectivity index (χ1) is 30.9. The first kappa shape index (κ1) is 61.8. The van der Waals surface area contributed by atoms with Crippen LogP contribution >= 0.6 is 47.0 Å². The van der Waals surface area contributed by atoms with Crippen LogP contribution in [0.5, 0.6) is 23.0 Å². The zero-order valence-electron chi connectivity index (χ0n) is 49.0. The summed E-state index contributed by atoms with van der Waals surface area (Å²) in [6.07, 6.45) is 0. The van der Waals surface area contributed by atoms with Gasteiger partial charge in [-0.25, -0.2) is 0 Å². The van der Waals surface area contributed by atoms with Gasteiger partial charge in [0.15, 0.2) is 0 Å². The molecule has 0 atom stereocenters. The summed E-state index contributed by atoms with van der Waals surface area (Å²) in [5.74, 6) is 1.68. The van der Waals surface area contributed by atoms with Crippen molar-refractivity contribution in [2.75, 3.05) is 0 Å². The standard InChI is InChI=1S/2C31H48O2S2/c2*1-27(2,3)21-15-19(16-22(25(21)32)28(4,5)6)34-31(13,14)35-20-17-23(29(7,8)9)26(33)24(18-20)30(10,11)12/h2*15-18,32-33H,1-14H3. The maximum absolute atomic E-state index is 11.1. The maximum atomic E-state index is 11.1. The van der Waals surface area contributed by atoms with Gasteiger partial charge in [-0.3, -0.25) is 0 Å². The summed E-state index contributed by atoms with van der Waals surface area (Å²) < 4.78 is -0.328. The highest BCUT2D eigenvalue weighted by atomic mass is 32.2. The van der Waals surface area contributed by atoms with Crippen LogP contribution < -0.4 is 0 Å². The van der Waals surface area contributed by atoms with Crippen LogP contribution in [-0.2, 0) is 43.3 Å². The van der Waals surface area contributed by atoms with Crippen molar-refractivity contribution in [2.24, 2.45) is 0 Å². The smallest absolute Gasteiger partial charge is 0.123 e. The quantitative estimate of drug-likeness (QED) is 0.103. The van der Waals surface area contributed by atoms with Crippen molar-refractivity contribution in [3.8, 4) is 23.0 Å². The molecule has 4 aromatic carbocycles. The van der Waals surface area contributed by atoms with Crippen molar-refractivity contribution < 1.29 is 20.4 Å². The normalized spacial score (nSPS) is 13.9. The molecule has 4 N–H and O–H groups in total. The van der Waals surface area contributed by atoms with Crippen LogP contribution in [0.3, 0.4) is 0 Å². The average Bonchev–Trinajstić information content (AvgIpc) is 3.10. The summed E-state index contributed by atoms with van der Waals surface area (Å²) >= 11 is 7.32. The Morgan fingerprint density at radius 1 is 0.214 bits per heavy atom. The molecule has 0 heterocycles. The second-order valence-electron chi connectivity index (χ2n) is 28.7. The number of thioether (sulfide) groups is 4. The predicted octanol–water partition coefficient (Wildman–Crippen LogP) is 19.8. The molecule has 0 fully saturated rings. The molecule has 4 nitrogen and oxygen atoms in total. The topological polar surface area (TPSA) is 80.9 Å². The lowest BCUT2D eigenvalue weighted by molar-refractivity contribution is 0.421. The van der Waals surface area contributed by atoms with Crippen molar-refractivity contribution >= 4 is 47.0 Å². The summed E-state index contributed by atoms with van der Waals surface area (Å²) in [6, 6.07) is 17.3. The van der Waals surface area contributed by atoms with E-state index in [2.05, 4.69) is 242 Å². The van der Waals surface area contributed by atoms with Gasteiger partial charge in [-0.15, -0.1) is 47.0 Å². The molecule has 0 bridgehead atoms. The van der Waals surface area contributed by atoms with Crippen LogP contribution in [-0.4, -0.2) is 28.6 Å². The first-order valence-corrected chi connectivity index (χ1v) is 28.4. The second kappa shape index (κ2) is 20.7. The highest BCUT2D eigenvalue weighted by molar-refractivity contribution is 8.18. The van der Waals surface area contributed by atoms with Gasteiger partial charge in [0.25, 0.3) is 0 Å². The van der Waals surface area contributed by atoms with Gasteiger partial charge in [0.1, 0.15) is 23.0 Å². The van der Waals surface area contributed by atoms with E-state index in [0.29, 0.717) is 23.0 Å². The minimum atomic E-state index is -0.164. The molecule has 0 aromatic heterocycles. The summed E-state index contributed by atoms with van der Waals surface area (Å²) in [4.78, 5) is 4.67. The zero-order valence-corrected chi connectivity index (χ0v) is 52.3. The number of phenols is 4. The Hall–Kier alpha value is -2.52. The van der Waals surface area contributed by atoms with Gasteiger partial charge in [-0.2, -0.15) is 0 Å². The highest BCUT2D eigenvalue weighted by Crippen LogP contribution is 2.53. The van der Waals surface area contributed by atoms with E-state index >= 15 is 0 Å². The minimum absolute atomic E-state index is 0.155. The third-order valence-corrected chi connectivity index (χ3v) is 17.1. The molecule has 392 valence electrons. The molecule has 70 heavy (non-hydrogen) atoms. The second-order valence-corrected chi connectivity index (χ2v) is 36.0. The largest absolute Gasteiger partial charge is 0.507 e. The molecule has 8 heteroatoms. The molecule has 0 aliphatic heterocycles. The van der Waals surface area contributed by atoms with Crippen molar-refractivity contribution in [3.05, 3.63) is 93.0 Å². The van der Waals surface area contributed by atoms with E-state index in [4.69, 9.17) is 0 Å². The Kier molecular flexibility index (Phi) is 18.2. The third kappa shape index (κ3) is 16.2. The Morgan fingerprint density at radius 2 is 0.314 bits per heavy atom. The van der Waals surface area contributed by atoms with Gasteiger partial charge in [0.05, 0.1) is 8.16 Å².